The summed E-state index contributed by atoms with van der Waals surface area (Å²) in [5.74, 6) is -2.46. The number of carboxylic acid groups (broad SMARTS) is 1. The molecule has 0 aliphatic carbocycles. The van der Waals surface area contributed by atoms with Gasteiger partial charge in [-0.25, -0.2) is 10.2 Å². The molecule has 1 atom stereocenters. The number of hydrazone groups is 1. The van der Waals surface area contributed by atoms with Crippen LogP contribution in [0.2, 0.25) is 0 Å². The van der Waals surface area contributed by atoms with Crippen LogP contribution < -0.4 is 15.5 Å². The first-order valence-electron chi connectivity index (χ1n) is 7.01. The van der Waals surface area contributed by atoms with Crippen LogP contribution in [0.5, 0.6) is 5.75 Å². The summed E-state index contributed by atoms with van der Waals surface area (Å²) in [4.78, 5) is 33.6. The highest BCUT2D eigenvalue weighted by molar-refractivity contribution is 6.35. The van der Waals surface area contributed by atoms with Crippen LogP contribution >= 0.6 is 0 Å². The summed E-state index contributed by atoms with van der Waals surface area (Å²) < 4.78 is 5.09. The number of amides is 2. The quantitative estimate of drug-likeness (QED) is 0.384. The Labute approximate surface area is 133 Å². The van der Waals surface area contributed by atoms with E-state index in [-0.39, 0.29) is 6.04 Å². The maximum atomic E-state index is 11.5. The minimum atomic E-state index is -1.10. The number of hydrogen-bond acceptors (Lipinski definition) is 5. The molecule has 0 bridgehead atoms. The van der Waals surface area contributed by atoms with E-state index in [4.69, 9.17) is 9.84 Å². The number of aliphatic carboxylic acids is 1. The maximum Gasteiger partial charge on any atom is 0.341 e. The minimum Gasteiger partial charge on any atom is -0.481 e. The Kier molecular flexibility index (Phi) is 7.25. The first-order valence-corrected chi connectivity index (χ1v) is 7.01. The van der Waals surface area contributed by atoms with E-state index < -0.39 is 24.4 Å². The normalized spacial score (nSPS) is 11.7. The van der Waals surface area contributed by atoms with Crippen LogP contribution in [0.1, 0.15) is 25.8 Å². The summed E-state index contributed by atoms with van der Waals surface area (Å²) in [6.07, 6.45) is 1.97. The molecular formula is C15H19N3O5. The van der Waals surface area contributed by atoms with E-state index in [2.05, 4.69) is 15.8 Å². The van der Waals surface area contributed by atoms with E-state index in [1.807, 2.05) is 6.92 Å². The zero-order chi connectivity index (χ0) is 17.2. The summed E-state index contributed by atoms with van der Waals surface area (Å²) >= 11 is 0. The first-order chi connectivity index (χ1) is 10.9. The van der Waals surface area contributed by atoms with Crippen LogP contribution in [-0.4, -0.2) is 41.8 Å². The maximum absolute atomic E-state index is 11.5. The molecule has 1 rings (SSSR count). The second kappa shape index (κ2) is 9.19. The molecule has 0 aromatic heterocycles. The zero-order valence-corrected chi connectivity index (χ0v) is 12.9. The molecule has 0 heterocycles. The third kappa shape index (κ3) is 6.60. The average molecular weight is 321 g/mol. The van der Waals surface area contributed by atoms with E-state index in [0.29, 0.717) is 17.7 Å². The lowest BCUT2D eigenvalue weighted by Gasteiger charge is -2.09. The van der Waals surface area contributed by atoms with Gasteiger partial charge in [0.25, 0.3) is 0 Å². The van der Waals surface area contributed by atoms with Gasteiger partial charge < -0.3 is 15.2 Å². The Morgan fingerprint density at radius 2 is 2.00 bits per heavy atom. The Morgan fingerprint density at radius 1 is 1.30 bits per heavy atom. The molecule has 8 heteroatoms. The van der Waals surface area contributed by atoms with Crippen molar-refractivity contribution in [1.82, 2.24) is 10.7 Å². The molecule has 0 fully saturated rings. The predicted octanol–water partition coefficient (Wildman–Crippen LogP) is 0.515. The smallest absolute Gasteiger partial charge is 0.341 e. The predicted molar refractivity (Wildman–Crippen MR) is 83.2 cm³/mol. The van der Waals surface area contributed by atoms with Crippen LogP contribution in [0.15, 0.2) is 29.4 Å². The molecule has 0 aliphatic heterocycles. The number of hydrogen-bond donors (Lipinski definition) is 3. The van der Waals surface area contributed by atoms with E-state index in [0.717, 1.165) is 0 Å². The Hall–Kier alpha value is -2.90. The Balaban J connectivity index is 2.62. The van der Waals surface area contributed by atoms with Crippen LogP contribution in [0.25, 0.3) is 0 Å². The van der Waals surface area contributed by atoms with Gasteiger partial charge >= 0.3 is 17.8 Å². The summed E-state index contributed by atoms with van der Waals surface area (Å²) in [5, 5.41) is 14.8. The highest BCUT2D eigenvalue weighted by atomic mass is 16.5. The number of benzene rings is 1. The van der Waals surface area contributed by atoms with Gasteiger partial charge in [0.05, 0.1) is 6.21 Å². The monoisotopic (exact) mass is 321 g/mol. The molecule has 0 unspecified atom stereocenters. The van der Waals surface area contributed by atoms with E-state index in [9.17, 15) is 14.4 Å². The SMILES string of the molecule is CC[C@@H](C)NC(=O)C(=O)N/N=C\c1ccccc1OCC(=O)O. The molecule has 23 heavy (non-hydrogen) atoms. The van der Waals surface area contributed by atoms with E-state index in [1.165, 1.54) is 6.21 Å². The van der Waals surface area contributed by atoms with Crippen molar-refractivity contribution in [2.24, 2.45) is 5.10 Å². The van der Waals surface area contributed by atoms with Gasteiger partial charge in [-0.2, -0.15) is 5.10 Å². The van der Waals surface area contributed by atoms with Gasteiger partial charge in [0.1, 0.15) is 5.75 Å². The van der Waals surface area contributed by atoms with Crippen molar-refractivity contribution in [2.75, 3.05) is 6.61 Å². The Bertz CT molecular complexity index is 601. The van der Waals surface area contributed by atoms with Crippen molar-refractivity contribution < 1.29 is 24.2 Å². The van der Waals surface area contributed by atoms with Crippen LogP contribution in [0.4, 0.5) is 0 Å². The lowest BCUT2D eigenvalue weighted by atomic mass is 10.2. The molecule has 124 valence electrons. The molecule has 3 N–H and O–H groups in total. The molecule has 1 aromatic rings. The number of carbonyl (C=O) groups is 3. The third-order valence-electron chi connectivity index (χ3n) is 2.84. The molecule has 0 aliphatic rings. The van der Waals surface area contributed by atoms with Crippen molar-refractivity contribution >= 4 is 24.0 Å². The number of nitrogens with one attached hydrogen (secondary N) is 2. The molecule has 0 radical (unpaired) electrons. The fraction of sp³-hybridized carbons (Fsp3) is 0.333. The number of rotatable bonds is 7. The fourth-order valence-electron chi connectivity index (χ4n) is 1.46. The number of nitrogens with zero attached hydrogens (tertiary/aromatic N) is 1. The average Bonchev–Trinajstić information content (AvgIpc) is 2.53. The van der Waals surface area contributed by atoms with Gasteiger partial charge in [0, 0.05) is 11.6 Å². The van der Waals surface area contributed by atoms with Gasteiger partial charge in [0.2, 0.25) is 0 Å². The van der Waals surface area contributed by atoms with Crippen molar-refractivity contribution in [1.29, 1.82) is 0 Å². The topological polar surface area (TPSA) is 117 Å². The van der Waals surface area contributed by atoms with Crippen molar-refractivity contribution in [3.05, 3.63) is 29.8 Å². The second-order valence-electron chi connectivity index (χ2n) is 4.70. The number of carbonyl (C=O) groups excluding carboxylic acids is 2. The van der Waals surface area contributed by atoms with Gasteiger partial charge in [-0.3, -0.25) is 9.59 Å². The Morgan fingerprint density at radius 3 is 2.65 bits per heavy atom. The van der Waals surface area contributed by atoms with Crippen LogP contribution in [-0.2, 0) is 14.4 Å². The lowest BCUT2D eigenvalue weighted by Crippen LogP contribution is -2.41. The molecule has 1 aromatic carbocycles. The van der Waals surface area contributed by atoms with Crippen molar-refractivity contribution in [3.8, 4) is 5.75 Å². The molecule has 0 saturated heterocycles. The first kappa shape index (κ1) is 18.1. The van der Waals surface area contributed by atoms with Crippen molar-refractivity contribution in [2.45, 2.75) is 26.3 Å². The number of para-hydroxylation sites is 1. The van der Waals surface area contributed by atoms with Crippen LogP contribution in [0, 0.1) is 0 Å². The van der Waals surface area contributed by atoms with Crippen LogP contribution in [0.3, 0.4) is 0 Å². The summed E-state index contributed by atoms with van der Waals surface area (Å²) in [6, 6.07) is 6.47. The number of ether oxygens (including phenoxy) is 1. The molecule has 0 saturated carbocycles. The van der Waals surface area contributed by atoms with E-state index in [1.54, 1.807) is 31.2 Å². The lowest BCUT2D eigenvalue weighted by molar-refractivity contribution is -0.139. The summed E-state index contributed by atoms with van der Waals surface area (Å²) in [6.45, 7) is 3.17. The molecular weight excluding hydrogens is 302 g/mol. The van der Waals surface area contributed by atoms with Gasteiger partial charge in [0.15, 0.2) is 6.61 Å². The minimum absolute atomic E-state index is 0.109. The zero-order valence-electron chi connectivity index (χ0n) is 12.9. The van der Waals surface area contributed by atoms with Gasteiger partial charge in [-0.05, 0) is 25.5 Å². The van der Waals surface area contributed by atoms with E-state index >= 15 is 0 Å². The highest BCUT2D eigenvalue weighted by Crippen LogP contribution is 2.15. The number of carboxylic acids is 1. The fourth-order valence-corrected chi connectivity index (χ4v) is 1.46. The molecule has 2 amide bonds. The standard InChI is InChI=1S/C15H19N3O5/c1-3-10(2)17-14(21)15(22)18-16-8-11-6-4-5-7-12(11)23-9-13(19)20/h4-8,10H,3,9H2,1-2H3,(H,17,21)(H,18,22)(H,19,20)/b16-8-/t10-/m1/s1. The summed E-state index contributed by atoms with van der Waals surface area (Å²) in [7, 11) is 0. The molecule has 8 nitrogen and oxygen atoms in total. The van der Waals surface area contributed by atoms with Gasteiger partial charge in [-0.15, -0.1) is 0 Å². The van der Waals surface area contributed by atoms with Gasteiger partial charge in [-0.1, -0.05) is 19.1 Å². The third-order valence-corrected chi connectivity index (χ3v) is 2.84. The van der Waals surface area contributed by atoms with Crippen molar-refractivity contribution in [3.63, 3.8) is 0 Å². The summed E-state index contributed by atoms with van der Waals surface area (Å²) in [5.41, 5.74) is 2.57. The molecule has 0 spiro atoms. The largest absolute Gasteiger partial charge is 0.481 e. The second-order valence-corrected chi connectivity index (χ2v) is 4.70. The highest BCUT2D eigenvalue weighted by Gasteiger charge is 2.14.